The fourth-order valence-corrected chi connectivity index (χ4v) is 1.70. The number of aliphatic carboxylic acids is 1. The molecule has 1 aromatic rings. The van der Waals surface area contributed by atoms with Gasteiger partial charge in [-0.3, -0.25) is 4.55 Å². The summed E-state index contributed by atoms with van der Waals surface area (Å²) in [4.78, 5) is 9.92. The SMILES string of the molecule is O=C(O)/C=C/c1ccccc1S(=O)(=O)O. The molecule has 0 aromatic heterocycles. The highest BCUT2D eigenvalue weighted by atomic mass is 32.2. The summed E-state index contributed by atoms with van der Waals surface area (Å²) in [7, 11) is -4.33. The van der Waals surface area contributed by atoms with Crippen molar-refractivity contribution >= 4 is 22.2 Å². The third kappa shape index (κ3) is 3.19. The lowest BCUT2D eigenvalue weighted by atomic mass is 10.2. The van der Waals surface area contributed by atoms with Crippen LogP contribution in [-0.4, -0.2) is 24.0 Å². The van der Waals surface area contributed by atoms with Gasteiger partial charge in [0.05, 0.1) is 0 Å². The Morgan fingerprint density at radius 2 is 1.87 bits per heavy atom. The molecule has 0 aliphatic rings. The molecule has 2 N–H and O–H groups in total. The Labute approximate surface area is 86.4 Å². The molecule has 0 bridgehead atoms. The first-order valence-corrected chi connectivity index (χ1v) is 5.33. The van der Waals surface area contributed by atoms with Gasteiger partial charge in [-0.1, -0.05) is 18.2 Å². The number of carboxylic acids is 1. The molecule has 5 nitrogen and oxygen atoms in total. The molecular formula is C9H8O5S. The van der Waals surface area contributed by atoms with Crippen LogP contribution in [0.2, 0.25) is 0 Å². The van der Waals surface area contributed by atoms with Crippen molar-refractivity contribution in [2.24, 2.45) is 0 Å². The summed E-state index contributed by atoms with van der Waals surface area (Å²) >= 11 is 0. The van der Waals surface area contributed by atoms with Gasteiger partial charge in [0.25, 0.3) is 10.1 Å². The molecule has 80 valence electrons. The first-order valence-electron chi connectivity index (χ1n) is 3.89. The zero-order chi connectivity index (χ0) is 11.5. The number of carbonyl (C=O) groups is 1. The van der Waals surface area contributed by atoms with Crippen molar-refractivity contribution in [1.82, 2.24) is 0 Å². The summed E-state index contributed by atoms with van der Waals surface area (Å²) in [5, 5.41) is 8.37. The van der Waals surface area contributed by atoms with Crippen LogP contribution in [0, 0.1) is 0 Å². The van der Waals surface area contributed by atoms with Crippen LogP contribution in [0.1, 0.15) is 5.56 Å². The number of hydrogen-bond donors (Lipinski definition) is 2. The molecular weight excluding hydrogens is 220 g/mol. The van der Waals surface area contributed by atoms with Crippen molar-refractivity contribution in [3.05, 3.63) is 35.9 Å². The maximum atomic E-state index is 10.9. The lowest BCUT2D eigenvalue weighted by Crippen LogP contribution is -2.00. The highest BCUT2D eigenvalue weighted by molar-refractivity contribution is 7.85. The molecule has 0 atom stereocenters. The summed E-state index contributed by atoms with van der Waals surface area (Å²) in [6.07, 6.45) is 1.90. The number of hydrogen-bond acceptors (Lipinski definition) is 3. The van der Waals surface area contributed by atoms with Gasteiger partial charge in [-0.25, -0.2) is 4.79 Å². The Kier molecular flexibility index (Phi) is 3.23. The van der Waals surface area contributed by atoms with Crippen LogP contribution >= 0.6 is 0 Å². The quantitative estimate of drug-likeness (QED) is 0.595. The lowest BCUT2D eigenvalue weighted by molar-refractivity contribution is -0.131. The summed E-state index contributed by atoms with van der Waals surface area (Å²) in [5.74, 6) is -1.19. The predicted molar refractivity (Wildman–Crippen MR) is 52.9 cm³/mol. The van der Waals surface area contributed by atoms with Crippen LogP contribution < -0.4 is 0 Å². The van der Waals surface area contributed by atoms with Crippen LogP contribution in [0.25, 0.3) is 6.08 Å². The molecule has 0 heterocycles. The van der Waals surface area contributed by atoms with Crippen LogP contribution in [0.15, 0.2) is 35.2 Å². The van der Waals surface area contributed by atoms with Gasteiger partial charge in [-0.05, 0) is 17.7 Å². The van der Waals surface area contributed by atoms with Crippen molar-refractivity contribution in [2.45, 2.75) is 4.90 Å². The van der Waals surface area contributed by atoms with Gasteiger partial charge in [0, 0.05) is 6.08 Å². The van der Waals surface area contributed by atoms with Crippen molar-refractivity contribution < 1.29 is 22.9 Å². The van der Waals surface area contributed by atoms with E-state index in [1.807, 2.05) is 0 Å². The highest BCUT2D eigenvalue weighted by Gasteiger charge is 2.12. The van der Waals surface area contributed by atoms with E-state index in [1.54, 1.807) is 0 Å². The molecule has 1 rings (SSSR count). The predicted octanol–water partition coefficient (Wildman–Crippen LogP) is 1.03. The second-order valence-corrected chi connectivity index (χ2v) is 4.07. The molecule has 6 heteroatoms. The molecule has 15 heavy (non-hydrogen) atoms. The number of carboxylic acid groups (broad SMARTS) is 1. The lowest BCUT2D eigenvalue weighted by Gasteiger charge is -2.00. The van der Waals surface area contributed by atoms with E-state index < -0.39 is 16.1 Å². The monoisotopic (exact) mass is 228 g/mol. The third-order valence-electron chi connectivity index (χ3n) is 1.60. The molecule has 0 aliphatic carbocycles. The highest BCUT2D eigenvalue weighted by Crippen LogP contribution is 2.16. The van der Waals surface area contributed by atoms with Crippen molar-refractivity contribution in [1.29, 1.82) is 0 Å². The molecule has 0 aliphatic heterocycles. The zero-order valence-corrected chi connectivity index (χ0v) is 8.31. The molecule has 0 fully saturated rings. The second-order valence-electron chi connectivity index (χ2n) is 2.68. The van der Waals surface area contributed by atoms with Crippen molar-refractivity contribution in [3.8, 4) is 0 Å². The molecule has 0 saturated heterocycles. The van der Waals surface area contributed by atoms with Crippen molar-refractivity contribution in [2.75, 3.05) is 0 Å². The normalized spacial score (nSPS) is 11.8. The third-order valence-corrected chi connectivity index (χ3v) is 2.53. The van der Waals surface area contributed by atoms with E-state index in [2.05, 4.69) is 0 Å². The Balaban J connectivity index is 3.25. The van der Waals surface area contributed by atoms with Gasteiger partial charge < -0.3 is 5.11 Å². The molecule has 0 radical (unpaired) electrons. The van der Waals surface area contributed by atoms with Crippen molar-refractivity contribution in [3.63, 3.8) is 0 Å². The Morgan fingerprint density at radius 3 is 2.40 bits per heavy atom. The smallest absolute Gasteiger partial charge is 0.328 e. The van der Waals surface area contributed by atoms with Crippen LogP contribution in [0.3, 0.4) is 0 Å². The molecule has 0 saturated carbocycles. The van der Waals surface area contributed by atoms with E-state index >= 15 is 0 Å². The zero-order valence-electron chi connectivity index (χ0n) is 7.49. The Hall–Kier alpha value is -1.66. The van der Waals surface area contributed by atoms with E-state index in [9.17, 15) is 13.2 Å². The van der Waals surface area contributed by atoms with Crippen LogP contribution in [-0.2, 0) is 14.9 Å². The summed E-state index contributed by atoms with van der Waals surface area (Å²) in [5.41, 5.74) is 0.127. The Morgan fingerprint density at radius 1 is 1.27 bits per heavy atom. The van der Waals surface area contributed by atoms with Gasteiger partial charge in [0.2, 0.25) is 0 Å². The fourth-order valence-electron chi connectivity index (χ4n) is 1.01. The van der Waals surface area contributed by atoms with Crippen LogP contribution in [0.4, 0.5) is 0 Å². The second kappa shape index (κ2) is 4.24. The van der Waals surface area contributed by atoms with Gasteiger partial charge in [-0.2, -0.15) is 8.42 Å². The molecule has 0 spiro atoms. The fraction of sp³-hybridized carbons (Fsp3) is 0. The minimum atomic E-state index is -4.33. The minimum Gasteiger partial charge on any atom is -0.478 e. The van der Waals surface area contributed by atoms with Gasteiger partial charge in [-0.15, -0.1) is 0 Å². The van der Waals surface area contributed by atoms with E-state index in [-0.39, 0.29) is 10.5 Å². The summed E-state index contributed by atoms with van der Waals surface area (Å²) in [6, 6.07) is 5.55. The van der Waals surface area contributed by atoms with E-state index in [1.165, 1.54) is 24.3 Å². The average Bonchev–Trinajstić information content (AvgIpc) is 2.13. The minimum absolute atomic E-state index is 0.127. The maximum Gasteiger partial charge on any atom is 0.328 e. The molecule has 1 aromatic carbocycles. The van der Waals surface area contributed by atoms with E-state index in [0.29, 0.717) is 0 Å². The first-order chi connectivity index (χ1) is 6.91. The average molecular weight is 228 g/mol. The first kappa shape index (κ1) is 11.4. The number of rotatable bonds is 3. The summed E-state index contributed by atoms with van der Waals surface area (Å²) < 4.78 is 30.6. The summed E-state index contributed by atoms with van der Waals surface area (Å²) in [6.45, 7) is 0. The topological polar surface area (TPSA) is 91.7 Å². The van der Waals surface area contributed by atoms with E-state index in [4.69, 9.17) is 9.66 Å². The molecule has 0 amide bonds. The van der Waals surface area contributed by atoms with Gasteiger partial charge in [0.15, 0.2) is 0 Å². The largest absolute Gasteiger partial charge is 0.478 e. The number of benzene rings is 1. The Bertz CT molecular complexity index is 501. The standard InChI is InChI=1S/C9H8O5S/c10-9(11)6-5-7-3-1-2-4-8(7)15(12,13)14/h1-6H,(H,10,11)(H,12,13,14)/b6-5+. The van der Waals surface area contributed by atoms with E-state index in [0.717, 1.165) is 12.2 Å². The van der Waals surface area contributed by atoms with Crippen LogP contribution in [0.5, 0.6) is 0 Å². The maximum absolute atomic E-state index is 10.9. The van der Waals surface area contributed by atoms with Gasteiger partial charge in [0.1, 0.15) is 4.90 Å². The molecule has 0 unspecified atom stereocenters. The van der Waals surface area contributed by atoms with Gasteiger partial charge >= 0.3 is 5.97 Å².